The Bertz CT molecular complexity index is 1320. The molecule has 3 heterocycles. The molecule has 5 rings (SSSR count). The molecule has 1 aliphatic rings. The first kappa shape index (κ1) is 20.7. The fraction of sp³-hybridized carbons (Fsp3) is 0.250. The fourth-order valence-electron chi connectivity index (χ4n) is 4.11. The van der Waals surface area contributed by atoms with Crippen molar-refractivity contribution in [3.05, 3.63) is 73.2 Å². The van der Waals surface area contributed by atoms with E-state index < -0.39 is 10.0 Å². The lowest BCUT2D eigenvalue weighted by Crippen LogP contribution is -2.20. The molecule has 0 saturated carbocycles. The highest BCUT2D eigenvalue weighted by molar-refractivity contribution is 7.93. The predicted octanol–water partition coefficient (Wildman–Crippen LogP) is 4.33. The van der Waals surface area contributed by atoms with Gasteiger partial charge in [0.25, 0.3) is 10.0 Å². The average molecular weight is 449 g/mol. The minimum absolute atomic E-state index is 0.159. The van der Waals surface area contributed by atoms with E-state index in [1.807, 2.05) is 30.5 Å². The van der Waals surface area contributed by atoms with Gasteiger partial charge in [-0.2, -0.15) is 0 Å². The number of anilines is 1. The lowest BCUT2D eigenvalue weighted by molar-refractivity contribution is 0.0614. The Morgan fingerprint density at radius 1 is 0.969 bits per heavy atom. The molecule has 2 aromatic carbocycles. The maximum atomic E-state index is 13.0. The third-order valence-electron chi connectivity index (χ3n) is 5.79. The van der Waals surface area contributed by atoms with Crippen LogP contribution in [0.5, 0.6) is 0 Å². The summed E-state index contributed by atoms with van der Waals surface area (Å²) in [4.78, 5) is 8.94. The first-order chi connectivity index (χ1) is 15.6. The monoisotopic (exact) mass is 448 g/mol. The lowest BCUT2D eigenvalue weighted by Gasteiger charge is -2.23. The van der Waals surface area contributed by atoms with Gasteiger partial charge in [-0.25, -0.2) is 13.4 Å². The molecule has 0 spiro atoms. The van der Waals surface area contributed by atoms with Crippen LogP contribution in [0.25, 0.3) is 22.3 Å². The standard InChI is InChI=1S/C24H24N4O3S/c29-32(30,22-5-1-3-19-4-2-12-25-23(19)22)27-21-8-6-20(7-9-21)24-26-13-14-28(24)17-18-10-15-31-16-11-18/h1-9,12-14,18,27H,10-11,15-17H2. The normalized spacial score (nSPS) is 15.1. The van der Waals surface area contributed by atoms with Crippen molar-refractivity contribution in [3.63, 3.8) is 0 Å². The van der Waals surface area contributed by atoms with Crippen molar-refractivity contribution >= 4 is 26.6 Å². The van der Waals surface area contributed by atoms with Gasteiger partial charge < -0.3 is 9.30 Å². The van der Waals surface area contributed by atoms with Crippen molar-refractivity contribution in [2.24, 2.45) is 5.92 Å². The summed E-state index contributed by atoms with van der Waals surface area (Å²) in [7, 11) is -3.78. The van der Waals surface area contributed by atoms with E-state index in [1.165, 1.54) is 0 Å². The molecule has 7 nitrogen and oxygen atoms in total. The van der Waals surface area contributed by atoms with E-state index in [0.29, 0.717) is 17.1 Å². The number of aromatic nitrogens is 3. The third-order valence-corrected chi connectivity index (χ3v) is 7.20. The fourth-order valence-corrected chi connectivity index (χ4v) is 5.35. The number of fused-ring (bicyclic) bond motifs is 1. The van der Waals surface area contributed by atoms with E-state index >= 15 is 0 Å². The van der Waals surface area contributed by atoms with E-state index in [4.69, 9.17) is 4.74 Å². The first-order valence-electron chi connectivity index (χ1n) is 10.7. The Labute approximate surface area is 187 Å². The van der Waals surface area contributed by atoms with Crippen LogP contribution >= 0.6 is 0 Å². The van der Waals surface area contributed by atoms with Gasteiger partial charge in [0, 0.05) is 55.0 Å². The highest BCUT2D eigenvalue weighted by atomic mass is 32.2. The molecule has 1 aliphatic heterocycles. The molecule has 4 aromatic rings. The molecule has 1 fully saturated rings. The summed E-state index contributed by atoms with van der Waals surface area (Å²) in [6, 6.07) is 16.1. The summed E-state index contributed by atoms with van der Waals surface area (Å²) in [5.74, 6) is 1.46. The summed E-state index contributed by atoms with van der Waals surface area (Å²) >= 11 is 0. The maximum absolute atomic E-state index is 13.0. The first-order valence-corrected chi connectivity index (χ1v) is 12.1. The maximum Gasteiger partial charge on any atom is 0.264 e. The summed E-state index contributed by atoms with van der Waals surface area (Å²) < 4.78 is 36.3. The van der Waals surface area contributed by atoms with Gasteiger partial charge in [-0.15, -0.1) is 0 Å². The smallest absolute Gasteiger partial charge is 0.264 e. The van der Waals surface area contributed by atoms with Crippen LogP contribution in [-0.2, 0) is 21.3 Å². The van der Waals surface area contributed by atoms with Gasteiger partial charge >= 0.3 is 0 Å². The van der Waals surface area contributed by atoms with E-state index in [2.05, 4.69) is 19.3 Å². The molecular weight excluding hydrogens is 424 g/mol. The van der Waals surface area contributed by atoms with Crippen LogP contribution in [0.4, 0.5) is 5.69 Å². The molecular formula is C24H24N4O3S. The number of para-hydroxylation sites is 1. The zero-order valence-corrected chi connectivity index (χ0v) is 18.3. The number of hydrogen-bond acceptors (Lipinski definition) is 5. The van der Waals surface area contributed by atoms with Gasteiger partial charge in [-0.05, 0) is 55.2 Å². The van der Waals surface area contributed by atoms with Crippen LogP contribution < -0.4 is 4.72 Å². The lowest BCUT2D eigenvalue weighted by atomic mass is 10.0. The van der Waals surface area contributed by atoms with Gasteiger partial charge in [0.2, 0.25) is 0 Å². The predicted molar refractivity (Wildman–Crippen MR) is 124 cm³/mol. The number of rotatable bonds is 6. The molecule has 32 heavy (non-hydrogen) atoms. The van der Waals surface area contributed by atoms with E-state index in [-0.39, 0.29) is 4.90 Å². The molecule has 0 radical (unpaired) electrons. The quantitative estimate of drug-likeness (QED) is 0.475. The van der Waals surface area contributed by atoms with Crippen LogP contribution in [0.15, 0.2) is 78.1 Å². The topological polar surface area (TPSA) is 86.1 Å². The van der Waals surface area contributed by atoms with Crippen molar-refractivity contribution < 1.29 is 13.2 Å². The third kappa shape index (κ3) is 4.24. The minimum atomic E-state index is -3.78. The molecule has 0 atom stereocenters. The number of pyridine rings is 1. The summed E-state index contributed by atoms with van der Waals surface area (Å²) in [5.41, 5.74) is 1.88. The van der Waals surface area contributed by atoms with Crippen molar-refractivity contribution in [1.29, 1.82) is 0 Å². The Morgan fingerprint density at radius 3 is 2.56 bits per heavy atom. The van der Waals surface area contributed by atoms with Gasteiger partial charge in [0.1, 0.15) is 10.7 Å². The van der Waals surface area contributed by atoms with Crippen LogP contribution in [0.3, 0.4) is 0 Å². The van der Waals surface area contributed by atoms with Crippen molar-refractivity contribution in [2.45, 2.75) is 24.3 Å². The van der Waals surface area contributed by atoms with Crippen molar-refractivity contribution in [3.8, 4) is 11.4 Å². The molecule has 0 amide bonds. The number of imidazole rings is 1. The molecule has 164 valence electrons. The summed E-state index contributed by atoms with van der Waals surface area (Å²) in [5, 5.41) is 0.780. The molecule has 1 N–H and O–H groups in total. The average Bonchev–Trinajstić information content (AvgIpc) is 3.27. The summed E-state index contributed by atoms with van der Waals surface area (Å²) in [6.45, 7) is 2.53. The highest BCUT2D eigenvalue weighted by Gasteiger charge is 2.19. The largest absolute Gasteiger partial charge is 0.381 e. The second-order valence-electron chi connectivity index (χ2n) is 7.97. The molecule has 0 aliphatic carbocycles. The Balaban J connectivity index is 1.36. The van der Waals surface area contributed by atoms with Crippen LogP contribution in [0, 0.1) is 5.92 Å². The second-order valence-corrected chi connectivity index (χ2v) is 9.62. The SMILES string of the molecule is O=S(=O)(Nc1ccc(-c2nccn2CC2CCOCC2)cc1)c1cccc2cccnc12. The number of benzene rings is 2. The number of nitrogens with zero attached hydrogens (tertiary/aromatic N) is 3. The molecule has 0 bridgehead atoms. The number of ether oxygens (including phenoxy) is 1. The molecule has 8 heteroatoms. The Kier molecular flexibility index (Phi) is 5.63. The van der Waals surface area contributed by atoms with Crippen molar-refractivity contribution in [2.75, 3.05) is 17.9 Å². The van der Waals surface area contributed by atoms with E-state index in [1.54, 1.807) is 42.7 Å². The van der Waals surface area contributed by atoms with Gasteiger partial charge in [-0.1, -0.05) is 18.2 Å². The molecule has 0 unspecified atom stereocenters. The van der Waals surface area contributed by atoms with Crippen LogP contribution in [0.1, 0.15) is 12.8 Å². The van der Waals surface area contributed by atoms with Crippen LogP contribution in [0.2, 0.25) is 0 Å². The highest BCUT2D eigenvalue weighted by Crippen LogP contribution is 2.26. The Morgan fingerprint density at radius 2 is 1.75 bits per heavy atom. The number of nitrogens with one attached hydrogen (secondary N) is 1. The van der Waals surface area contributed by atoms with Crippen molar-refractivity contribution in [1.82, 2.24) is 14.5 Å². The zero-order chi connectivity index (χ0) is 22.0. The minimum Gasteiger partial charge on any atom is -0.381 e. The zero-order valence-electron chi connectivity index (χ0n) is 17.5. The second kappa shape index (κ2) is 8.72. The number of hydrogen-bond donors (Lipinski definition) is 1. The van der Waals surface area contributed by atoms with E-state index in [9.17, 15) is 8.42 Å². The van der Waals surface area contributed by atoms with Gasteiger partial charge in [-0.3, -0.25) is 9.71 Å². The van der Waals surface area contributed by atoms with Crippen LogP contribution in [-0.4, -0.2) is 36.2 Å². The number of sulfonamides is 1. The molecule has 2 aromatic heterocycles. The van der Waals surface area contributed by atoms with Gasteiger partial charge in [0.05, 0.1) is 5.52 Å². The molecule has 1 saturated heterocycles. The summed E-state index contributed by atoms with van der Waals surface area (Å²) in [6.07, 6.45) is 7.51. The van der Waals surface area contributed by atoms with E-state index in [0.717, 1.165) is 49.4 Å². The Hall–Kier alpha value is -3.23. The van der Waals surface area contributed by atoms with Gasteiger partial charge in [0.15, 0.2) is 0 Å².